The molecule has 0 amide bonds. The molecule has 0 aliphatic heterocycles. The normalized spacial score (nSPS) is 9.90. The molecule has 106 valence electrons. The second-order valence-corrected chi connectivity index (χ2v) is 4.03. The van der Waals surface area contributed by atoms with Crippen molar-refractivity contribution in [3.8, 4) is 5.75 Å². The molecule has 0 bridgehead atoms. The molecule has 0 aliphatic rings. The number of nitro groups is 1. The van der Waals surface area contributed by atoms with Gasteiger partial charge in [-0.2, -0.15) is 0 Å². The van der Waals surface area contributed by atoms with Gasteiger partial charge in [-0.05, 0) is 30.3 Å². The van der Waals surface area contributed by atoms with Crippen LogP contribution >= 0.6 is 0 Å². The van der Waals surface area contributed by atoms with Crippen LogP contribution in [-0.4, -0.2) is 22.0 Å². The Bertz CT molecular complexity index is 708. The van der Waals surface area contributed by atoms with Crippen molar-refractivity contribution in [1.29, 1.82) is 0 Å². The summed E-state index contributed by atoms with van der Waals surface area (Å²) in [5.74, 6) is -1.70. The fourth-order valence-electron chi connectivity index (χ4n) is 1.58. The number of nitrogens with zero attached hydrogens (tertiary/aromatic N) is 1. The average Bonchev–Trinajstić information content (AvgIpc) is 2.48. The van der Waals surface area contributed by atoms with Crippen LogP contribution in [0.25, 0.3) is 0 Å². The minimum absolute atomic E-state index is 0.0338. The van der Waals surface area contributed by atoms with Gasteiger partial charge in [0.15, 0.2) is 0 Å². The lowest BCUT2D eigenvalue weighted by atomic mass is 10.2. The first-order valence-electron chi connectivity index (χ1n) is 5.77. The first-order chi connectivity index (χ1) is 9.97. The van der Waals surface area contributed by atoms with Crippen molar-refractivity contribution >= 4 is 17.6 Å². The van der Waals surface area contributed by atoms with Crippen molar-refractivity contribution in [2.45, 2.75) is 0 Å². The van der Waals surface area contributed by atoms with Gasteiger partial charge in [0, 0.05) is 12.1 Å². The van der Waals surface area contributed by atoms with E-state index in [2.05, 4.69) is 0 Å². The van der Waals surface area contributed by atoms with Gasteiger partial charge in [0.1, 0.15) is 5.75 Å². The molecule has 0 heterocycles. The topological polar surface area (TPSA) is 107 Å². The number of non-ortho nitro benzene ring substituents is 1. The number of aromatic carboxylic acids is 1. The minimum atomic E-state index is -1.09. The molecule has 2 aromatic rings. The zero-order valence-corrected chi connectivity index (χ0v) is 10.6. The van der Waals surface area contributed by atoms with Gasteiger partial charge in [0.2, 0.25) is 0 Å². The monoisotopic (exact) mass is 287 g/mol. The van der Waals surface area contributed by atoms with E-state index < -0.39 is 16.9 Å². The number of carboxylic acid groups (broad SMARTS) is 1. The minimum Gasteiger partial charge on any atom is -0.478 e. The summed E-state index contributed by atoms with van der Waals surface area (Å²) in [7, 11) is 0. The highest BCUT2D eigenvalue weighted by molar-refractivity contribution is 5.92. The predicted molar refractivity (Wildman–Crippen MR) is 71.5 cm³/mol. The van der Waals surface area contributed by atoms with Crippen LogP contribution in [0.4, 0.5) is 5.69 Å². The van der Waals surface area contributed by atoms with Crippen LogP contribution < -0.4 is 4.74 Å². The van der Waals surface area contributed by atoms with Crippen molar-refractivity contribution in [3.63, 3.8) is 0 Å². The fourth-order valence-corrected chi connectivity index (χ4v) is 1.58. The summed E-state index contributed by atoms with van der Waals surface area (Å²) in [5.41, 5.74) is -0.123. The van der Waals surface area contributed by atoms with Crippen LogP contribution in [0.3, 0.4) is 0 Å². The zero-order valence-electron chi connectivity index (χ0n) is 10.6. The lowest BCUT2D eigenvalue weighted by Crippen LogP contribution is -2.09. The second kappa shape index (κ2) is 5.83. The summed E-state index contributed by atoms with van der Waals surface area (Å²) in [6.07, 6.45) is 0. The molecule has 0 aliphatic carbocycles. The van der Waals surface area contributed by atoms with Crippen LogP contribution in [0.1, 0.15) is 20.7 Å². The SMILES string of the molecule is O=C(O)c1ccc(OC(=O)c2cccc([N+](=O)[O-])c2)cc1. The number of benzene rings is 2. The number of esters is 1. The van der Waals surface area contributed by atoms with Gasteiger partial charge in [-0.3, -0.25) is 10.1 Å². The molecule has 0 radical (unpaired) electrons. The van der Waals surface area contributed by atoms with Gasteiger partial charge in [0.05, 0.1) is 16.1 Å². The van der Waals surface area contributed by atoms with Crippen molar-refractivity contribution in [2.24, 2.45) is 0 Å². The molecule has 2 aromatic carbocycles. The molecule has 21 heavy (non-hydrogen) atoms. The smallest absolute Gasteiger partial charge is 0.343 e. The summed E-state index contributed by atoms with van der Waals surface area (Å²) in [5, 5.41) is 19.4. The Morgan fingerprint density at radius 3 is 2.29 bits per heavy atom. The number of carbonyl (C=O) groups is 2. The maximum Gasteiger partial charge on any atom is 0.343 e. The van der Waals surface area contributed by atoms with Crippen LogP contribution in [0.5, 0.6) is 5.75 Å². The number of carbonyl (C=O) groups excluding carboxylic acids is 1. The number of nitro benzene ring substituents is 1. The van der Waals surface area contributed by atoms with Crippen molar-refractivity contribution in [1.82, 2.24) is 0 Å². The molecule has 1 N–H and O–H groups in total. The largest absolute Gasteiger partial charge is 0.478 e. The molecule has 0 spiro atoms. The Kier molecular flexibility index (Phi) is 3.94. The maximum atomic E-state index is 11.8. The third kappa shape index (κ3) is 3.41. The summed E-state index contributed by atoms with van der Waals surface area (Å²) in [6, 6.07) is 10.4. The summed E-state index contributed by atoms with van der Waals surface area (Å²) >= 11 is 0. The molecule has 0 saturated carbocycles. The van der Waals surface area contributed by atoms with E-state index in [9.17, 15) is 19.7 Å². The number of carboxylic acids is 1. The third-order valence-corrected chi connectivity index (χ3v) is 2.60. The second-order valence-electron chi connectivity index (χ2n) is 4.03. The molecule has 0 saturated heterocycles. The van der Waals surface area contributed by atoms with Crippen molar-refractivity contribution in [2.75, 3.05) is 0 Å². The average molecular weight is 287 g/mol. The lowest BCUT2D eigenvalue weighted by molar-refractivity contribution is -0.384. The van der Waals surface area contributed by atoms with Crippen LogP contribution in [0.2, 0.25) is 0 Å². The van der Waals surface area contributed by atoms with E-state index in [0.29, 0.717) is 0 Å². The Hall–Kier alpha value is -3.22. The highest BCUT2D eigenvalue weighted by Crippen LogP contribution is 2.17. The zero-order chi connectivity index (χ0) is 15.4. The Morgan fingerprint density at radius 1 is 1.05 bits per heavy atom. The molecule has 0 fully saturated rings. The first kappa shape index (κ1) is 14.2. The quantitative estimate of drug-likeness (QED) is 0.400. The van der Waals surface area contributed by atoms with Gasteiger partial charge in [-0.1, -0.05) is 6.07 Å². The Morgan fingerprint density at radius 2 is 1.71 bits per heavy atom. The van der Waals surface area contributed by atoms with Crippen molar-refractivity contribution < 1.29 is 24.4 Å². The third-order valence-electron chi connectivity index (χ3n) is 2.60. The van der Waals surface area contributed by atoms with E-state index in [1.54, 1.807) is 0 Å². The Balaban J connectivity index is 2.16. The number of hydrogen-bond acceptors (Lipinski definition) is 5. The molecular weight excluding hydrogens is 278 g/mol. The standard InChI is InChI=1S/C14H9NO6/c16-13(17)9-4-6-12(7-5-9)21-14(18)10-2-1-3-11(8-10)15(19)20/h1-8H,(H,16,17). The summed E-state index contributed by atoms with van der Waals surface area (Å²) in [4.78, 5) is 32.6. The molecule has 7 heteroatoms. The highest BCUT2D eigenvalue weighted by Gasteiger charge is 2.13. The molecule has 0 atom stereocenters. The lowest BCUT2D eigenvalue weighted by Gasteiger charge is -2.04. The molecule has 7 nitrogen and oxygen atoms in total. The predicted octanol–water partition coefficient (Wildman–Crippen LogP) is 2.51. The number of rotatable bonds is 4. The van der Waals surface area contributed by atoms with Gasteiger partial charge in [-0.25, -0.2) is 9.59 Å². The van der Waals surface area contributed by atoms with E-state index >= 15 is 0 Å². The van der Waals surface area contributed by atoms with Crippen LogP contribution in [-0.2, 0) is 0 Å². The van der Waals surface area contributed by atoms with E-state index in [4.69, 9.17) is 9.84 Å². The molecular formula is C14H9NO6. The van der Waals surface area contributed by atoms with Gasteiger partial charge in [0.25, 0.3) is 5.69 Å². The summed E-state index contributed by atoms with van der Waals surface area (Å²) < 4.78 is 5.02. The van der Waals surface area contributed by atoms with E-state index in [1.807, 2.05) is 0 Å². The number of ether oxygens (including phenoxy) is 1. The molecule has 2 rings (SSSR count). The van der Waals surface area contributed by atoms with Gasteiger partial charge >= 0.3 is 11.9 Å². The first-order valence-corrected chi connectivity index (χ1v) is 5.77. The maximum absolute atomic E-state index is 11.8. The highest BCUT2D eigenvalue weighted by atomic mass is 16.6. The van der Waals surface area contributed by atoms with Gasteiger partial charge in [-0.15, -0.1) is 0 Å². The van der Waals surface area contributed by atoms with Crippen LogP contribution in [0.15, 0.2) is 48.5 Å². The fraction of sp³-hybridized carbons (Fsp3) is 0. The van der Waals surface area contributed by atoms with E-state index in [0.717, 1.165) is 6.07 Å². The molecule has 0 aromatic heterocycles. The number of hydrogen-bond donors (Lipinski definition) is 1. The van der Waals surface area contributed by atoms with E-state index in [1.165, 1.54) is 42.5 Å². The van der Waals surface area contributed by atoms with E-state index in [-0.39, 0.29) is 22.6 Å². The molecule has 0 unspecified atom stereocenters. The van der Waals surface area contributed by atoms with Crippen LogP contribution in [0, 0.1) is 10.1 Å². The van der Waals surface area contributed by atoms with Crippen molar-refractivity contribution in [3.05, 3.63) is 69.8 Å². The Labute approximate surface area is 118 Å². The summed E-state index contributed by atoms with van der Waals surface area (Å²) in [6.45, 7) is 0. The van der Waals surface area contributed by atoms with Gasteiger partial charge < -0.3 is 9.84 Å².